The summed E-state index contributed by atoms with van der Waals surface area (Å²) >= 11 is 0. The van der Waals surface area contributed by atoms with E-state index in [1.807, 2.05) is 6.92 Å². The van der Waals surface area contributed by atoms with Crippen LogP contribution in [0.25, 0.3) is 10.8 Å². The molecule has 0 bridgehead atoms. The van der Waals surface area contributed by atoms with Crippen LogP contribution in [0.15, 0.2) is 63.9 Å². The van der Waals surface area contributed by atoms with Crippen LogP contribution in [0.5, 0.6) is 5.75 Å². The molecule has 0 amide bonds. The van der Waals surface area contributed by atoms with E-state index >= 15 is 0 Å². The quantitative estimate of drug-likeness (QED) is 0.397. The van der Waals surface area contributed by atoms with Crippen molar-refractivity contribution < 1.29 is 17.7 Å². The number of hydrogen-bond acceptors (Lipinski definition) is 7. The number of aromatic nitrogens is 1. The summed E-state index contributed by atoms with van der Waals surface area (Å²) in [7, 11) is -4.46. The lowest BCUT2D eigenvalue weighted by atomic mass is 10.1. The normalized spacial score (nSPS) is 11.9. The van der Waals surface area contributed by atoms with Gasteiger partial charge >= 0.3 is 0 Å². The molecule has 0 aliphatic carbocycles. The van der Waals surface area contributed by atoms with Crippen LogP contribution in [0, 0.1) is 0 Å². The molecule has 0 atom stereocenters. The summed E-state index contributed by atoms with van der Waals surface area (Å²) in [6.45, 7) is 2.28. The van der Waals surface area contributed by atoms with Crippen molar-refractivity contribution in [2.45, 2.75) is 11.8 Å². The number of ether oxygens (including phenoxy) is 1. The first-order chi connectivity index (χ1) is 12.4. The maximum atomic E-state index is 11.7. The van der Waals surface area contributed by atoms with E-state index in [9.17, 15) is 13.0 Å². The predicted octanol–water partition coefficient (Wildman–Crippen LogP) is 3.88. The lowest BCUT2D eigenvalue weighted by Gasteiger charge is -2.09. The zero-order valence-electron chi connectivity index (χ0n) is 13.8. The maximum absolute atomic E-state index is 11.7. The number of pyridine rings is 1. The second-order valence-electron chi connectivity index (χ2n) is 5.30. The Bertz CT molecular complexity index is 1100. The Morgan fingerprint density at radius 2 is 1.85 bits per heavy atom. The number of benzene rings is 2. The van der Waals surface area contributed by atoms with Crippen molar-refractivity contribution in [3.8, 4) is 5.75 Å². The highest BCUT2D eigenvalue weighted by Crippen LogP contribution is 2.37. The van der Waals surface area contributed by atoms with E-state index < -0.39 is 10.1 Å². The second kappa shape index (κ2) is 7.06. The molecule has 3 aromatic rings. The number of hydrogen-bond donors (Lipinski definition) is 2. The van der Waals surface area contributed by atoms with Crippen molar-refractivity contribution in [1.29, 1.82) is 0 Å². The van der Waals surface area contributed by atoms with Crippen molar-refractivity contribution >= 4 is 38.0 Å². The first-order valence-corrected chi connectivity index (χ1v) is 9.13. The highest BCUT2D eigenvalue weighted by molar-refractivity contribution is 7.86. The molecule has 0 aliphatic rings. The number of anilines is 1. The zero-order valence-corrected chi connectivity index (χ0v) is 14.6. The average molecular weight is 372 g/mol. The average Bonchev–Trinajstić information content (AvgIpc) is 2.62. The molecule has 2 aromatic carbocycles. The van der Waals surface area contributed by atoms with Crippen LogP contribution >= 0.6 is 0 Å². The highest BCUT2D eigenvalue weighted by Gasteiger charge is 2.18. The standard InChI is InChI=1S/C17H16N4O4S/c1-2-25-15-7-8-19-10-14(15)21-20-13-9-16(26(22,23)24)11-5-3-4-6-12(11)17(13)18/h3-10H,2,18H2,1H3,(H,22,23,24). The van der Waals surface area contributed by atoms with Crippen molar-refractivity contribution in [3.05, 3.63) is 48.8 Å². The molecule has 3 N–H and O–H groups in total. The zero-order chi connectivity index (χ0) is 18.7. The van der Waals surface area contributed by atoms with Gasteiger partial charge in [0.15, 0.2) is 0 Å². The molecule has 0 radical (unpaired) electrons. The fourth-order valence-corrected chi connectivity index (χ4v) is 3.20. The molecule has 1 aromatic heterocycles. The van der Waals surface area contributed by atoms with Crippen molar-refractivity contribution in [3.63, 3.8) is 0 Å². The van der Waals surface area contributed by atoms with Crippen LogP contribution in [0.2, 0.25) is 0 Å². The minimum Gasteiger partial charge on any atom is -0.491 e. The molecule has 0 spiro atoms. The molecule has 134 valence electrons. The largest absolute Gasteiger partial charge is 0.491 e. The van der Waals surface area contributed by atoms with Gasteiger partial charge in [-0.3, -0.25) is 9.54 Å². The fraction of sp³-hybridized carbons (Fsp3) is 0.118. The van der Waals surface area contributed by atoms with Gasteiger partial charge in [0.25, 0.3) is 10.1 Å². The summed E-state index contributed by atoms with van der Waals surface area (Å²) in [5, 5.41) is 8.87. The number of azo groups is 1. The highest BCUT2D eigenvalue weighted by atomic mass is 32.2. The van der Waals surface area contributed by atoms with E-state index in [-0.39, 0.29) is 16.3 Å². The maximum Gasteiger partial charge on any atom is 0.295 e. The van der Waals surface area contributed by atoms with E-state index in [1.54, 1.807) is 36.5 Å². The molecule has 8 nitrogen and oxygen atoms in total. The van der Waals surface area contributed by atoms with Gasteiger partial charge in [-0.1, -0.05) is 24.3 Å². The number of nitrogens with zero attached hydrogens (tertiary/aromatic N) is 3. The topological polar surface area (TPSA) is 127 Å². The third kappa shape index (κ3) is 3.48. The lowest BCUT2D eigenvalue weighted by Crippen LogP contribution is -2.01. The molecule has 0 saturated carbocycles. The summed E-state index contributed by atoms with van der Waals surface area (Å²) in [4.78, 5) is 3.68. The molecule has 0 unspecified atom stereocenters. The smallest absolute Gasteiger partial charge is 0.295 e. The van der Waals surface area contributed by atoms with E-state index in [0.717, 1.165) is 0 Å². The van der Waals surface area contributed by atoms with E-state index in [1.165, 1.54) is 12.3 Å². The van der Waals surface area contributed by atoms with Crippen molar-refractivity contribution in [2.24, 2.45) is 10.2 Å². The van der Waals surface area contributed by atoms with E-state index in [2.05, 4.69) is 15.2 Å². The first kappa shape index (κ1) is 17.8. The number of rotatable bonds is 5. The molecule has 0 fully saturated rings. The van der Waals surface area contributed by atoms with Gasteiger partial charge in [-0.25, -0.2) is 0 Å². The van der Waals surface area contributed by atoms with Gasteiger partial charge in [0.2, 0.25) is 0 Å². The Morgan fingerprint density at radius 3 is 2.54 bits per heavy atom. The SMILES string of the molecule is CCOc1ccncc1N=Nc1cc(S(=O)(=O)O)c2ccccc2c1N. The number of nitrogen functional groups attached to an aromatic ring is 1. The van der Waals surface area contributed by atoms with Crippen LogP contribution in [0.3, 0.4) is 0 Å². The summed E-state index contributed by atoms with van der Waals surface area (Å²) in [5.41, 5.74) is 6.85. The molecule has 9 heteroatoms. The minimum absolute atomic E-state index is 0.114. The summed E-state index contributed by atoms with van der Waals surface area (Å²) in [5.74, 6) is 0.487. The Morgan fingerprint density at radius 1 is 1.15 bits per heavy atom. The van der Waals surface area contributed by atoms with Gasteiger partial charge in [-0.15, -0.1) is 10.2 Å². The van der Waals surface area contributed by atoms with Gasteiger partial charge < -0.3 is 10.5 Å². The van der Waals surface area contributed by atoms with Crippen molar-refractivity contribution in [1.82, 2.24) is 4.98 Å². The first-order valence-electron chi connectivity index (χ1n) is 7.69. The van der Waals surface area contributed by atoms with Crippen LogP contribution < -0.4 is 10.5 Å². The van der Waals surface area contributed by atoms with Gasteiger partial charge in [0.05, 0.1) is 18.5 Å². The summed E-state index contributed by atoms with van der Waals surface area (Å²) in [6, 6.07) is 9.40. The van der Waals surface area contributed by atoms with Crippen LogP contribution in [-0.2, 0) is 10.1 Å². The molecule has 26 heavy (non-hydrogen) atoms. The predicted molar refractivity (Wildman–Crippen MR) is 97.8 cm³/mol. The summed E-state index contributed by atoms with van der Waals surface area (Å²) < 4.78 is 38.4. The Labute approximate surface area is 150 Å². The Kier molecular flexibility index (Phi) is 4.83. The molecule has 1 heterocycles. The van der Waals surface area contributed by atoms with Gasteiger partial charge in [-0.05, 0) is 13.0 Å². The van der Waals surface area contributed by atoms with E-state index in [4.69, 9.17) is 10.5 Å². The molecule has 3 rings (SSSR count). The molecular weight excluding hydrogens is 356 g/mol. The number of fused-ring (bicyclic) bond motifs is 1. The minimum atomic E-state index is -4.46. The molecule has 0 aliphatic heterocycles. The van der Waals surface area contributed by atoms with Crippen LogP contribution in [0.4, 0.5) is 17.1 Å². The van der Waals surface area contributed by atoms with Crippen molar-refractivity contribution in [2.75, 3.05) is 12.3 Å². The Balaban J connectivity index is 2.16. The van der Waals surface area contributed by atoms with Crippen LogP contribution in [-0.4, -0.2) is 24.6 Å². The van der Waals surface area contributed by atoms with Gasteiger partial charge in [-0.2, -0.15) is 8.42 Å². The summed E-state index contributed by atoms with van der Waals surface area (Å²) in [6.07, 6.45) is 3.03. The lowest BCUT2D eigenvalue weighted by molar-refractivity contribution is 0.341. The third-order valence-electron chi connectivity index (χ3n) is 3.63. The monoisotopic (exact) mass is 372 g/mol. The second-order valence-corrected chi connectivity index (χ2v) is 6.69. The molecular formula is C17H16N4O4S. The molecule has 0 saturated heterocycles. The van der Waals surface area contributed by atoms with Gasteiger partial charge in [0.1, 0.15) is 22.0 Å². The van der Waals surface area contributed by atoms with Gasteiger partial charge in [0, 0.05) is 23.0 Å². The Hall–Kier alpha value is -3.04. The van der Waals surface area contributed by atoms with Crippen LogP contribution in [0.1, 0.15) is 6.92 Å². The fourth-order valence-electron chi connectivity index (χ4n) is 2.48. The number of nitrogens with two attached hydrogens (primary N) is 1. The third-order valence-corrected chi connectivity index (χ3v) is 4.52. The van der Waals surface area contributed by atoms with E-state index in [0.29, 0.717) is 28.8 Å².